The predicted octanol–water partition coefficient (Wildman–Crippen LogP) is 1.97. The summed E-state index contributed by atoms with van der Waals surface area (Å²) in [7, 11) is 1.68. The third-order valence-electron chi connectivity index (χ3n) is 3.33. The Morgan fingerprint density at radius 1 is 1.38 bits per heavy atom. The maximum atomic E-state index is 12.0. The van der Waals surface area contributed by atoms with E-state index in [1.54, 1.807) is 18.8 Å². The minimum atomic E-state index is -0.0583. The van der Waals surface area contributed by atoms with Crippen molar-refractivity contribution >= 4 is 23.6 Å². The molecule has 1 N–H and O–H groups in total. The van der Waals surface area contributed by atoms with Crippen LogP contribution in [0.25, 0.3) is 0 Å². The van der Waals surface area contributed by atoms with E-state index < -0.39 is 0 Å². The van der Waals surface area contributed by atoms with Crippen LogP contribution in [-0.2, 0) is 15.3 Å². The Kier molecular flexibility index (Phi) is 5.67. The van der Waals surface area contributed by atoms with Crippen LogP contribution < -0.4 is 5.32 Å². The number of carbonyl (C=O) groups is 2. The third kappa shape index (κ3) is 5.79. The summed E-state index contributed by atoms with van der Waals surface area (Å²) in [5.74, 6) is 1.16. The topological polar surface area (TPSA) is 49.4 Å². The van der Waals surface area contributed by atoms with E-state index in [1.165, 1.54) is 16.0 Å². The van der Waals surface area contributed by atoms with Gasteiger partial charge in [-0.1, -0.05) is 29.8 Å². The molecular formula is C16H22N2O2S. The van der Waals surface area contributed by atoms with Crippen molar-refractivity contribution in [1.29, 1.82) is 0 Å². The fourth-order valence-electron chi connectivity index (χ4n) is 1.97. The van der Waals surface area contributed by atoms with Crippen molar-refractivity contribution in [3.05, 3.63) is 35.4 Å². The van der Waals surface area contributed by atoms with E-state index in [-0.39, 0.29) is 18.4 Å². The fourth-order valence-corrected chi connectivity index (χ4v) is 2.89. The minimum absolute atomic E-state index is 0.00130. The molecule has 1 aliphatic rings. The molecule has 0 bridgehead atoms. The summed E-state index contributed by atoms with van der Waals surface area (Å²) in [5.41, 5.74) is 2.45. The lowest BCUT2D eigenvalue weighted by Crippen LogP contribution is -2.39. The zero-order chi connectivity index (χ0) is 15.2. The molecular weight excluding hydrogens is 284 g/mol. The number of amides is 2. The van der Waals surface area contributed by atoms with Gasteiger partial charge in [-0.25, -0.2) is 0 Å². The smallest absolute Gasteiger partial charge is 0.239 e. The summed E-state index contributed by atoms with van der Waals surface area (Å²) >= 11 is 1.58. The summed E-state index contributed by atoms with van der Waals surface area (Å²) in [6.07, 6.45) is 2.13. The number of nitrogens with one attached hydrogen (secondary N) is 1. The monoisotopic (exact) mass is 306 g/mol. The van der Waals surface area contributed by atoms with Crippen molar-refractivity contribution in [2.24, 2.45) is 0 Å². The van der Waals surface area contributed by atoms with Gasteiger partial charge in [-0.3, -0.25) is 9.59 Å². The van der Waals surface area contributed by atoms with Gasteiger partial charge in [-0.15, -0.1) is 11.8 Å². The van der Waals surface area contributed by atoms with Crippen molar-refractivity contribution in [1.82, 2.24) is 10.2 Å². The Labute approximate surface area is 130 Å². The second-order valence-corrected chi connectivity index (χ2v) is 6.56. The van der Waals surface area contributed by atoms with Crippen LogP contribution >= 0.6 is 11.8 Å². The van der Waals surface area contributed by atoms with E-state index >= 15 is 0 Å². The second-order valence-electron chi connectivity index (χ2n) is 5.57. The van der Waals surface area contributed by atoms with Crippen LogP contribution in [-0.4, -0.2) is 42.1 Å². The highest BCUT2D eigenvalue weighted by molar-refractivity contribution is 7.99. The lowest BCUT2D eigenvalue weighted by Gasteiger charge is -2.16. The molecule has 0 aliphatic heterocycles. The largest absolute Gasteiger partial charge is 0.352 e. The maximum absolute atomic E-state index is 12.0. The van der Waals surface area contributed by atoms with Gasteiger partial charge in [0.2, 0.25) is 11.8 Å². The van der Waals surface area contributed by atoms with Crippen LogP contribution in [0.2, 0.25) is 0 Å². The fraction of sp³-hybridized carbons (Fsp3) is 0.500. The van der Waals surface area contributed by atoms with Gasteiger partial charge in [-0.05, 0) is 25.3 Å². The van der Waals surface area contributed by atoms with Gasteiger partial charge < -0.3 is 10.2 Å². The average Bonchev–Trinajstić information content (AvgIpc) is 3.22. The van der Waals surface area contributed by atoms with E-state index in [9.17, 15) is 9.59 Å². The summed E-state index contributed by atoms with van der Waals surface area (Å²) in [6.45, 7) is 2.21. The lowest BCUT2D eigenvalue weighted by atomic mass is 10.2. The highest BCUT2D eigenvalue weighted by atomic mass is 32.2. The first-order valence-electron chi connectivity index (χ1n) is 7.21. The summed E-state index contributed by atoms with van der Waals surface area (Å²) in [5, 5.41) is 2.89. The molecule has 0 radical (unpaired) electrons. The van der Waals surface area contributed by atoms with Crippen molar-refractivity contribution in [2.75, 3.05) is 19.3 Å². The zero-order valence-corrected chi connectivity index (χ0v) is 13.4. The summed E-state index contributed by atoms with van der Waals surface area (Å²) in [4.78, 5) is 25.1. The number of likely N-dealkylation sites (N-methyl/N-ethyl adjacent to an activating group) is 1. The Hall–Kier alpha value is -1.49. The number of hydrogen-bond acceptors (Lipinski definition) is 3. The molecule has 4 nitrogen and oxygen atoms in total. The molecule has 0 aromatic heterocycles. The van der Waals surface area contributed by atoms with Crippen LogP contribution in [0.4, 0.5) is 0 Å². The van der Waals surface area contributed by atoms with Crippen molar-refractivity contribution in [2.45, 2.75) is 31.6 Å². The lowest BCUT2D eigenvalue weighted by molar-refractivity contribution is -0.132. The summed E-state index contributed by atoms with van der Waals surface area (Å²) in [6, 6.07) is 8.63. The highest BCUT2D eigenvalue weighted by Crippen LogP contribution is 2.18. The van der Waals surface area contributed by atoms with E-state index in [0.717, 1.165) is 18.6 Å². The Bertz CT molecular complexity index is 515. The minimum Gasteiger partial charge on any atom is -0.352 e. The molecule has 1 saturated carbocycles. The van der Waals surface area contributed by atoms with Gasteiger partial charge >= 0.3 is 0 Å². The van der Waals surface area contributed by atoms with Crippen LogP contribution in [0.3, 0.4) is 0 Å². The second kappa shape index (κ2) is 7.50. The normalized spacial score (nSPS) is 13.8. The van der Waals surface area contributed by atoms with E-state index in [2.05, 4.69) is 30.4 Å². The first-order chi connectivity index (χ1) is 10.0. The average molecular weight is 306 g/mol. The molecule has 0 unspecified atom stereocenters. The molecule has 1 fully saturated rings. The molecule has 2 rings (SSSR count). The maximum Gasteiger partial charge on any atom is 0.239 e. The van der Waals surface area contributed by atoms with Gasteiger partial charge in [0, 0.05) is 18.8 Å². The van der Waals surface area contributed by atoms with Crippen LogP contribution in [0, 0.1) is 6.92 Å². The number of thioether (sulfide) groups is 1. The zero-order valence-electron chi connectivity index (χ0n) is 12.6. The van der Waals surface area contributed by atoms with Gasteiger partial charge in [0.05, 0.1) is 12.3 Å². The number of hydrogen-bond donors (Lipinski definition) is 1. The Balaban J connectivity index is 1.67. The van der Waals surface area contributed by atoms with Crippen molar-refractivity contribution in [3.63, 3.8) is 0 Å². The molecule has 1 aliphatic carbocycles. The molecule has 0 heterocycles. The predicted molar refractivity (Wildman–Crippen MR) is 86.1 cm³/mol. The Morgan fingerprint density at radius 2 is 2.14 bits per heavy atom. The molecule has 5 heteroatoms. The van der Waals surface area contributed by atoms with Crippen molar-refractivity contribution < 1.29 is 9.59 Å². The molecule has 0 saturated heterocycles. The number of rotatable bonds is 7. The van der Waals surface area contributed by atoms with E-state index in [0.29, 0.717) is 11.8 Å². The highest BCUT2D eigenvalue weighted by Gasteiger charge is 2.24. The standard InChI is InChI=1S/C16H22N2O2S/c1-12-4-3-5-13(8-12)10-21-11-16(20)18(2)9-15(19)17-14-6-7-14/h3-5,8,14H,6-7,9-11H2,1-2H3,(H,17,19). The molecule has 114 valence electrons. The third-order valence-corrected chi connectivity index (χ3v) is 4.31. The van der Waals surface area contributed by atoms with Crippen LogP contribution in [0.5, 0.6) is 0 Å². The summed E-state index contributed by atoms with van der Waals surface area (Å²) < 4.78 is 0. The first-order valence-corrected chi connectivity index (χ1v) is 8.36. The van der Waals surface area contributed by atoms with Gasteiger partial charge in [0.25, 0.3) is 0 Å². The number of nitrogens with zero attached hydrogens (tertiary/aromatic N) is 1. The first kappa shape index (κ1) is 15.9. The number of aryl methyl sites for hydroxylation is 1. The molecule has 1 aromatic rings. The molecule has 0 spiro atoms. The van der Waals surface area contributed by atoms with Crippen molar-refractivity contribution in [3.8, 4) is 0 Å². The molecule has 1 aromatic carbocycles. The van der Waals surface area contributed by atoms with Gasteiger partial charge in [-0.2, -0.15) is 0 Å². The van der Waals surface area contributed by atoms with E-state index in [4.69, 9.17) is 0 Å². The van der Waals surface area contributed by atoms with Gasteiger partial charge in [0.1, 0.15) is 0 Å². The molecule has 21 heavy (non-hydrogen) atoms. The molecule has 0 atom stereocenters. The SMILES string of the molecule is Cc1cccc(CSCC(=O)N(C)CC(=O)NC2CC2)c1. The molecule has 2 amide bonds. The Morgan fingerprint density at radius 3 is 2.81 bits per heavy atom. The van der Waals surface area contributed by atoms with Crippen LogP contribution in [0.15, 0.2) is 24.3 Å². The van der Waals surface area contributed by atoms with Gasteiger partial charge in [0.15, 0.2) is 0 Å². The number of carbonyl (C=O) groups excluding carboxylic acids is 2. The quantitative estimate of drug-likeness (QED) is 0.838. The number of benzene rings is 1. The van der Waals surface area contributed by atoms with Crippen LogP contribution in [0.1, 0.15) is 24.0 Å². The van der Waals surface area contributed by atoms with E-state index in [1.807, 2.05) is 6.07 Å².